The number of nitrogens with zero attached hydrogens (tertiary/aromatic N) is 1. The van der Waals surface area contributed by atoms with Gasteiger partial charge in [0.1, 0.15) is 6.23 Å². The molecule has 2 saturated heterocycles. The molecule has 1 amide bonds. The van der Waals surface area contributed by atoms with Gasteiger partial charge in [-0.25, -0.2) is 0 Å². The van der Waals surface area contributed by atoms with E-state index < -0.39 is 0 Å². The van der Waals surface area contributed by atoms with Crippen molar-refractivity contribution in [1.29, 1.82) is 0 Å². The summed E-state index contributed by atoms with van der Waals surface area (Å²) in [5, 5.41) is 2.27. The van der Waals surface area contributed by atoms with Crippen LogP contribution in [0.4, 0.5) is 5.69 Å². The molecule has 4 rings (SSSR count). The van der Waals surface area contributed by atoms with Gasteiger partial charge in [-0.05, 0) is 17.9 Å². The third-order valence-corrected chi connectivity index (χ3v) is 3.90. The Morgan fingerprint density at radius 1 is 1.11 bits per heavy atom. The maximum absolute atomic E-state index is 12.1. The van der Waals surface area contributed by atoms with Crippen LogP contribution in [0.2, 0.25) is 0 Å². The fraction of sp³-hybridized carbons (Fsp3) is 0.267. The molecule has 3 heteroatoms. The second-order valence-corrected chi connectivity index (χ2v) is 4.86. The SMILES string of the molecule is O=C1C2CCOC2N1c1cccc2ccccc12. The summed E-state index contributed by atoms with van der Waals surface area (Å²) < 4.78 is 5.64. The third kappa shape index (κ3) is 1.20. The fourth-order valence-electron chi connectivity index (χ4n) is 2.97. The molecule has 0 spiro atoms. The third-order valence-electron chi connectivity index (χ3n) is 3.90. The van der Waals surface area contributed by atoms with Crippen LogP contribution in [0.25, 0.3) is 10.8 Å². The molecule has 0 aromatic heterocycles. The van der Waals surface area contributed by atoms with Gasteiger partial charge in [-0.2, -0.15) is 0 Å². The molecule has 0 radical (unpaired) electrons. The van der Waals surface area contributed by atoms with Crippen molar-refractivity contribution in [2.24, 2.45) is 5.92 Å². The van der Waals surface area contributed by atoms with Crippen LogP contribution in [0.1, 0.15) is 6.42 Å². The summed E-state index contributed by atoms with van der Waals surface area (Å²) in [4.78, 5) is 13.9. The van der Waals surface area contributed by atoms with Crippen molar-refractivity contribution in [3.8, 4) is 0 Å². The molecule has 0 bridgehead atoms. The average Bonchev–Trinajstić information content (AvgIpc) is 2.83. The Morgan fingerprint density at radius 3 is 2.89 bits per heavy atom. The topological polar surface area (TPSA) is 29.5 Å². The quantitative estimate of drug-likeness (QED) is 0.716. The normalized spacial score (nSPS) is 26.2. The number of rotatable bonds is 1. The van der Waals surface area contributed by atoms with Crippen LogP contribution < -0.4 is 4.90 Å². The van der Waals surface area contributed by atoms with Gasteiger partial charge in [-0.15, -0.1) is 0 Å². The zero-order valence-corrected chi connectivity index (χ0v) is 9.87. The van der Waals surface area contributed by atoms with Gasteiger partial charge in [0.25, 0.3) is 0 Å². The molecular formula is C15H13NO2. The van der Waals surface area contributed by atoms with Gasteiger partial charge >= 0.3 is 0 Å². The van der Waals surface area contributed by atoms with Crippen LogP contribution in [-0.4, -0.2) is 18.7 Å². The Morgan fingerprint density at radius 2 is 1.94 bits per heavy atom. The number of ether oxygens (including phenoxy) is 1. The van der Waals surface area contributed by atoms with Gasteiger partial charge in [-0.1, -0.05) is 36.4 Å². The molecule has 2 aromatic carbocycles. The van der Waals surface area contributed by atoms with E-state index in [9.17, 15) is 4.79 Å². The molecule has 0 saturated carbocycles. The Bertz CT molecular complexity index is 632. The molecule has 2 fully saturated rings. The fourth-order valence-corrected chi connectivity index (χ4v) is 2.97. The summed E-state index contributed by atoms with van der Waals surface area (Å²) in [5.74, 6) is 0.290. The van der Waals surface area contributed by atoms with Crippen molar-refractivity contribution < 1.29 is 9.53 Å². The van der Waals surface area contributed by atoms with E-state index in [0.29, 0.717) is 6.61 Å². The number of fused-ring (bicyclic) bond motifs is 2. The standard InChI is InChI=1S/C15H13NO2/c17-14-12-8-9-18-15(12)16(14)13-7-3-5-10-4-1-2-6-11(10)13/h1-7,12,15H,8-9H2. The molecule has 3 nitrogen and oxygen atoms in total. The van der Waals surface area contributed by atoms with Crippen LogP contribution >= 0.6 is 0 Å². The number of carbonyl (C=O) groups is 1. The van der Waals surface area contributed by atoms with E-state index >= 15 is 0 Å². The predicted octanol–water partition coefficient (Wildman–Crippen LogP) is 2.55. The van der Waals surface area contributed by atoms with Gasteiger partial charge in [0.2, 0.25) is 5.91 Å². The molecule has 2 unspecified atom stereocenters. The van der Waals surface area contributed by atoms with Crippen LogP contribution in [-0.2, 0) is 9.53 Å². The zero-order valence-electron chi connectivity index (χ0n) is 9.87. The monoisotopic (exact) mass is 239 g/mol. The Labute approximate surface area is 105 Å². The minimum Gasteiger partial charge on any atom is -0.357 e. The van der Waals surface area contributed by atoms with Crippen molar-refractivity contribution in [2.45, 2.75) is 12.6 Å². The molecule has 2 atom stereocenters. The maximum Gasteiger partial charge on any atom is 0.236 e. The average molecular weight is 239 g/mol. The Hall–Kier alpha value is -1.87. The number of benzene rings is 2. The summed E-state index contributed by atoms with van der Waals surface area (Å²) in [6.07, 6.45) is 0.827. The second-order valence-electron chi connectivity index (χ2n) is 4.86. The van der Waals surface area contributed by atoms with Gasteiger partial charge in [0, 0.05) is 5.39 Å². The Balaban J connectivity index is 1.86. The van der Waals surface area contributed by atoms with E-state index in [-0.39, 0.29) is 18.1 Å². The predicted molar refractivity (Wildman–Crippen MR) is 69.3 cm³/mol. The van der Waals surface area contributed by atoms with Gasteiger partial charge in [0.05, 0.1) is 18.2 Å². The van der Waals surface area contributed by atoms with Crippen molar-refractivity contribution in [3.63, 3.8) is 0 Å². The Kier molecular flexibility index (Phi) is 2.00. The highest BCUT2D eigenvalue weighted by atomic mass is 16.5. The van der Waals surface area contributed by atoms with Gasteiger partial charge in [-0.3, -0.25) is 9.69 Å². The summed E-state index contributed by atoms with van der Waals surface area (Å²) in [6.45, 7) is 0.697. The molecule has 0 N–H and O–H groups in total. The molecule has 0 aliphatic carbocycles. The minimum absolute atomic E-state index is 0.0386. The summed E-state index contributed by atoms with van der Waals surface area (Å²) in [6, 6.07) is 14.2. The van der Waals surface area contributed by atoms with E-state index in [0.717, 1.165) is 22.9 Å². The van der Waals surface area contributed by atoms with E-state index in [2.05, 4.69) is 18.2 Å². The van der Waals surface area contributed by atoms with Crippen LogP contribution in [0, 0.1) is 5.92 Å². The highest BCUT2D eigenvalue weighted by Crippen LogP contribution is 2.41. The van der Waals surface area contributed by atoms with Crippen molar-refractivity contribution >= 4 is 22.4 Å². The first-order valence-electron chi connectivity index (χ1n) is 6.29. The first-order chi connectivity index (χ1) is 8.86. The molecule has 2 aromatic rings. The summed E-state index contributed by atoms with van der Waals surface area (Å²) in [7, 11) is 0. The van der Waals surface area contributed by atoms with Gasteiger partial charge < -0.3 is 4.74 Å². The second kappa shape index (κ2) is 3.56. The van der Waals surface area contributed by atoms with Crippen LogP contribution in [0.3, 0.4) is 0 Å². The number of amides is 1. The first-order valence-corrected chi connectivity index (χ1v) is 6.29. The largest absolute Gasteiger partial charge is 0.357 e. The van der Waals surface area contributed by atoms with Crippen molar-refractivity contribution in [2.75, 3.05) is 11.5 Å². The number of anilines is 1. The lowest BCUT2D eigenvalue weighted by Crippen LogP contribution is -2.59. The highest BCUT2D eigenvalue weighted by molar-refractivity contribution is 6.09. The molecule has 2 aliphatic rings. The van der Waals surface area contributed by atoms with Crippen molar-refractivity contribution in [1.82, 2.24) is 0 Å². The first kappa shape index (κ1) is 10.1. The van der Waals surface area contributed by atoms with E-state index in [1.165, 1.54) is 0 Å². The zero-order chi connectivity index (χ0) is 12.1. The lowest BCUT2D eigenvalue weighted by atomic mass is 9.93. The highest BCUT2D eigenvalue weighted by Gasteiger charge is 2.52. The molecular weight excluding hydrogens is 226 g/mol. The van der Waals surface area contributed by atoms with E-state index in [4.69, 9.17) is 4.74 Å². The number of hydrogen-bond donors (Lipinski definition) is 0. The molecule has 2 aliphatic heterocycles. The lowest BCUT2D eigenvalue weighted by molar-refractivity contribution is -0.135. The van der Waals surface area contributed by atoms with Crippen LogP contribution in [0.5, 0.6) is 0 Å². The number of β-lactam (4-membered cyclic amide) rings is 1. The molecule has 90 valence electrons. The van der Waals surface area contributed by atoms with Gasteiger partial charge in [0.15, 0.2) is 0 Å². The van der Waals surface area contributed by atoms with E-state index in [1.807, 2.05) is 24.3 Å². The summed E-state index contributed by atoms with van der Waals surface area (Å²) in [5.41, 5.74) is 0.973. The molecule has 2 heterocycles. The summed E-state index contributed by atoms with van der Waals surface area (Å²) >= 11 is 0. The maximum atomic E-state index is 12.1. The smallest absolute Gasteiger partial charge is 0.236 e. The van der Waals surface area contributed by atoms with Crippen LogP contribution in [0.15, 0.2) is 42.5 Å². The number of carbonyl (C=O) groups excluding carboxylic acids is 1. The molecule has 18 heavy (non-hydrogen) atoms. The minimum atomic E-state index is -0.0386. The number of hydrogen-bond acceptors (Lipinski definition) is 2. The lowest BCUT2D eigenvalue weighted by Gasteiger charge is -2.42. The van der Waals surface area contributed by atoms with E-state index in [1.54, 1.807) is 4.90 Å². The van der Waals surface area contributed by atoms with Crippen molar-refractivity contribution in [3.05, 3.63) is 42.5 Å².